The second-order valence-corrected chi connectivity index (χ2v) is 9.02. The lowest BCUT2D eigenvalue weighted by molar-refractivity contribution is 0.124. The van der Waals surface area contributed by atoms with Crippen LogP contribution in [0.5, 0.6) is 5.75 Å². The summed E-state index contributed by atoms with van der Waals surface area (Å²) < 4.78 is 7.62. The predicted octanol–water partition coefficient (Wildman–Crippen LogP) is 5.08. The van der Waals surface area contributed by atoms with Crippen LogP contribution < -0.4 is 4.74 Å². The first-order valence-corrected chi connectivity index (χ1v) is 12.0. The minimum absolute atomic E-state index is 0.504. The average Bonchev–Trinajstić information content (AvgIpc) is 3.21. The minimum Gasteiger partial charge on any atom is -0.497 e. The number of ether oxygens (including phenoxy) is 1. The smallest absolute Gasteiger partial charge is 0.163 e. The Morgan fingerprint density at radius 3 is 2.69 bits per heavy atom. The van der Waals surface area contributed by atoms with Crippen molar-refractivity contribution in [2.75, 3.05) is 13.7 Å². The Labute approximate surface area is 192 Å². The third kappa shape index (κ3) is 4.88. The molecule has 0 saturated heterocycles. The molecule has 32 heavy (non-hydrogen) atoms. The van der Waals surface area contributed by atoms with E-state index in [4.69, 9.17) is 4.74 Å². The van der Waals surface area contributed by atoms with Crippen LogP contribution in [0, 0.1) is 0 Å². The Kier molecular flexibility index (Phi) is 7.26. The molecule has 3 aromatic rings. The lowest BCUT2D eigenvalue weighted by Crippen LogP contribution is -2.45. The highest BCUT2D eigenvalue weighted by Crippen LogP contribution is 2.29. The maximum absolute atomic E-state index is 5.47. The van der Waals surface area contributed by atoms with Crippen LogP contribution in [0.3, 0.4) is 0 Å². The molecule has 5 nitrogen and oxygen atoms in total. The number of fused-ring (bicyclic) bond motifs is 1. The lowest BCUT2D eigenvalue weighted by atomic mass is 9.86. The largest absolute Gasteiger partial charge is 0.497 e. The third-order valence-electron chi connectivity index (χ3n) is 6.92. The van der Waals surface area contributed by atoms with Gasteiger partial charge in [-0.15, -0.1) is 10.2 Å². The zero-order valence-corrected chi connectivity index (χ0v) is 19.9. The quantitative estimate of drug-likeness (QED) is 0.473. The Morgan fingerprint density at radius 2 is 1.94 bits per heavy atom. The molecule has 0 N–H and O–H groups in total. The average molecular weight is 433 g/mol. The van der Waals surface area contributed by atoms with Gasteiger partial charge in [0.2, 0.25) is 0 Å². The van der Waals surface area contributed by atoms with Gasteiger partial charge >= 0.3 is 0 Å². The summed E-state index contributed by atoms with van der Waals surface area (Å²) in [4.78, 5) is 2.73. The van der Waals surface area contributed by atoms with Crippen molar-refractivity contribution in [2.24, 2.45) is 7.05 Å². The van der Waals surface area contributed by atoms with E-state index in [-0.39, 0.29) is 0 Å². The van der Waals surface area contributed by atoms with Gasteiger partial charge in [-0.3, -0.25) is 4.90 Å². The van der Waals surface area contributed by atoms with Gasteiger partial charge in [0.15, 0.2) is 5.82 Å². The highest BCUT2D eigenvalue weighted by Gasteiger charge is 2.27. The number of methoxy groups -OCH3 is 1. The van der Waals surface area contributed by atoms with Crippen molar-refractivity contribution in [3.8, 4) is 17.1 Å². The van der Waals surface area contributed by atoms with Crippen LogP contribution in [-0.4, -0.2) is 45.4 Å². The van der Waals surface area contributed by atoms with Crippen molar-refractivity contribution in [1.82, 2.24) is 19.7 Å². The van der Waals surface area contributed by atoms with Crippen LogP contribution in [0.25, 0.3) is 11.4 Å². The van der Waals surface area contributed by atoms with Crippen molar-refractivity contribution in [3.05, 3.63) is 65.5 Å². The fourth-order valence-corrected chi connectivity index (χ4v) is 5.07. The molecule has 0 aliphatic heterocycles. The standard InChI is InChI=1S/C27H36N4O/c1-5-17-31(24-14-12-21-13-15-25(32-4)19-23(21)18-24)20(2)11-16-26-28-29-27(30(26)3)22-9-7-6-8-10-22/h6-10,13,15,19-20,24H,5,11-12,14,16-18H2,1-4H3. The first-order chi connectivity index (χ1) is 15.6. The molecule has 1 aliphatic rings. The molecule has 4 rings (SSSR count). The molecule has 5 heteroatoms. The highest BCUT2D eigenvalue weighted by molar-refractivity contribution is 5.54. The van der Waals surface area contributed by atoms with Gasteiger partial charge < -0.3 is 9.30 Å². The molecule has 0 radical (unpaired) electrons. The van der Waals surface area contributed by atoms with Crippen molar-refractivity contribution < 1.29 is 4.74 Å². The number of aromatic nitrogens is 3. The van der Waals surface area contributed by atoms with Gasteiger partial charge in [-0.1, -0.05) is 43.3 Å². The summed E-state index contributed by atoms with van der Waals surface area (Å²) >= 11 is 0. The van der Waals surface area contributed by atoms with E-state index in [0.29, 0.717) is 12.1 Å². The summed E-state index contributed by atoms with van der Waals surface area (Å²) in [6, 6.07) is 18.0. The maximum atomic E-state index is 5.47. The summed E-state index contributed by atoms with van der Waals surface area (Å²) in [6.07, 6.45) is 6.69. The molecule has 0 saturated carbocycles. The number of rotatable bonds is 9. The van der Waals surface area contributed by atoms with Gasteiger partial charge in [0.1, 0.15) is 11.6 Å². The number of hydrogen-bond donors (Lipinski definition) is 0. The minimum atomic E-state index is 0.504. The van der Waals surface area contributed by atoms with Crippen LogP contribution in [-0.2, 0) is 26.3 Å². The third-order valence-corrected chi connectivity index (χ3v) is 6.92. The highest BCUT2D eigenvalue weighted by atomic mass is 16.5. The van der Waals surface area contributed by atoms with Gasteiger partial charge in [-0.2, -0.15) is 0 Å². The number of nitrogens with zero attached hydrogens (tertiary/aromatic N) is 4. The van der Waals surface area contributed by atoms with Crippen LogP contribution >= 0.6 is 0 Å². The Morgan fingerprint density at radius 1 is 1.12 bits per heavy atom. The van der Waals surface area contributed by atoms with Crippen LogP contribution in [0.1, 0.15) is 50.1 Å². The zero-order chi connectivity index (χ0) is 22.5. The fraction of sp³-hybridized carbons (Fsp3) is 0.481. The Bertz CT molecular complexity index is 1010. The van der Waals surface area contributed by atoms with E-state index in [0.717, 1.165) is 55.2 Å². The molecule has 0 fully saturated rings. The van der Waals surface area contributed by atoms with Crippen LogP contribution in [0.2, 0.25) is 0 Å². The molecule has 0 spiro atoms. The predicted molar refractivity (Wildman–Crippen MR) is 130 cm³/mol. The summed E-state index contributed by atoms with van der Waals surface area (Å²) in [5.74, 6) is 2.97. The first kappa shape index (κ1) is 22.5. The topological polar surface area (TPSA) is 43.2 Å². The number of benzene rings is 2. The SMILES string of the molecule is CCCN(C(C)CCc1nnc(-c2ccccc2)n1C)C1CCc2ccc(OC)cc2C1. The molecule has 1 aromatic heterocycles. The van der Waals surface area contributed by atoms with E-state index in [1.165, 1.54) is 24.0 Å². The summed E-state index contributed by atoms with van der Waals surface area (Å²) in [5.41, 5.74) is 4.05. The zero-order valence-electron chi connectivity index (χ0n) is 19.9. The van der Waals surface area contributed by atoms with E-state index >= 15 is 0 Å². The van der Waals surface area contributed by atoms with Gasteiger partial charge in [0, 0.05) is 31.1 Å². The molecule has 1 heterocycles. The molecule has 1 aliphatic carbocycles. The maximum Gasteiger partial charge on any atom is 0.163 e. The summed E-state index contributed by atoms with van der Waals surface area (Å²) in [5, 5.41) is 8.98. The van der Waals surface area contributed by atoms with Gasteiger partial charge in [-0.05, 0) is 68.8 Å². The normalized spacial score (nSPS) is 16.7. The molecule has 0 bridgehead atoms. The number of aryl methyl sites for hydroxylation is 2. The first-order valence-electron chi connectivity index (χ1n) is 12.0. The molecular weight excluding hydrogens is 396 g/mol. The Balaban J connectivity index is 1.43. The molecule has 2 aromatic carbocycles. The summed E-state index contributed by atoms with van der Waals surface area (Å²) in [6.45, 7) is 5.80. The van der Waals surface area contributed by atoms with Crippen molar-refractivity contribution in [1.29, 1.82) is 0 Å². The molecular formula is C27H36N4O. The Hall–Kier alpha value is -2.66. The van der Waals surface area contributed by atoms with Crippen LogP contribution in [0.15, 0.2) is 48.5 Å². The van der Waals surface area contributed by atoms with Gasteiger partial charge in [0.25, 0.3) is 0 Å². The summed E-state index contributed by atoms with van der Waals surface area (Å²) in [7, 11) is 3.83. The van der Waals surface area contributed by atoms with Crippen LogP contribution in [0.4, 0.5) is 0 Å². The second kappa shape index (κ2) is 10.3. The van der Waals surface area contributed by atoms with E-state index in [2.05, 4.69) is 70.9 Å². The van der Waals surface area contributed by atoms with E-state index in [9.17, 15) is 0 Å². The molecule has 2 atom stereocenters. The lowest BCUT2D eigenvalue weighted by Gasteiger charge is -2.39. The van der Waals surface area contributed by atoms with E-state index < -0.39 is 0 Å². The van der Waals surface area contributed by atoms with E-state index in [1.807, 2.05) is 18.2 Å². The molecule has 0 amide bonds. The molecule has 170 valence electrons. The second-order valence-electron chi connectivity index (χ2n) is 9.02. The monoisotopic (exact) mass is 432 g/mol. The fourth-order valence-electron chi connectivity index (χ4n) is 5.07. The van der Waals surface area contributed by atoms with Crippen molar-refractivity contribution in [2.45, 2.75) is 64.5 Å². The van der Waals surface area contributed by atoms with Gasteiger partial charge in [0.05, 0.1) is 7.11 Å². The number of hydrogen-bond acceptors (Lipinski definition) is 4. The van der Waals surface area contributed by atoms with Gasteiger partial charge in [-0.25, -0.2) is 0 Å². The van der Waals surface area contributed by atoms with Crippen molar-refractivity contribution in [3.63, 3.8) is 0 Å². The van der Waals surface area contributed by atoms with Crippen molar-refractivity contribution >= 4 is 0 Å². The van der Waals surface area contributed by atoms with E-state index in [1.54, 1.807) is 7.11 Å². The molecule has 2 unspecified atom stereocenters.